The van der Waals surface area contributed by atoms with Crippen molar-refractivity contribution in [3.05, 3.63) is 71.6 Å². The number of hydrogen-bond donors (Lipinski definition) is 0. The second-order valence-corrected chi connectivity index (χ2v) is 7.21. The molecule has 29 heavy (non-hydrogen) atoms. The second kappa shape index (κ2) is 8.86. The van der Waals surface area contributed by atoms with Crippen LogP contribution in [0.4, 0.5) is 0 Å². The topological polar surface area (TPSA) is 81.4 Å². The van der Waals surface area contributed by atoms with Gasteiger partial charge in [-0.1, -0.05) is 17.3 Å². The van der Waals surface area contributed by atoms with Crippen LogP contribution in [0.2, 0.25) is 0 Å². The lowest BCUT2D eigenvalue weighted by Gasteiger charge is -2.33. The van der Waals surface area contributed by atoms with Gasteiger partial charge in [0, 0.05) is 30.9 Å². The van der Waals surface area contributed by atoms with E-state index in [9.17, 15) is 4.79 Å². The molecule has 3 aromatic rings. The van der Waals surface area contributed by atoms with Crippen molar-refractivity contribution in [3.8, 4) is 5.75 Å². The highest BCUT2D eigenvalue weighted by molar-refractivity contribution is 5.94. The zero-order valence-electron chi connectivity index (χ0n) is 16.5. The molecule has 7 nitrogen and oxygen atoms in total. The van der Waals surface area contributed by atoms with Gasteiger partial charge in [-0.2, -0.15) is 4.98 Å². The van der Waals surface area contributed by atoms with Gasteiger partial charge in [0.15, 0.2) is 5.82 Å². The number of nitrogens with zero attached hydrogens (tertiary/aromatic N) is 4. The number of aromatic nitrogens is 3. The Hall–Kier alpha value is -3.22. The number of hydrogen-bond acceptors (Lipinski definition) is 6. The minimum absolute atomic E-state index is 0.0281. The summed E-state index contributed by atoms with van der Waals surface area (Å²) in [7, 11) is 0. The van der Waals surface area contributed by atoms with Gasteiger partial charge < -0.3 is 14.2 Å². The van der Waals surface area contributed by atoms with Crippen molar-refractivity contribution in [2.24, 2.45) is 0 Å². The number of ether oxygens (including phenoxy) is 1. The SMILES string of the molecule is Cc1cccc(OCCc2noc(C3CCCCN3C(=O)c3ccncc3)n2)c1. The Morgan fingerprint density at radius 2 is 2.10 bits per heavy atom. The van der Waals surface area contributed by atoms with Gasteiger partial charge in [-0.25, -0.2) is 0 Å². The summed E-state index contributed by atoms with van der Waals surface area (Å²) in [6.07, 6.45) is 6.62. The normalized spacial score (nSPS) is 16.6. The van der Waals surface area contributed by atoms with Crippen molar-refractivity contribution in [1.29, 1.82) is 0 Å². The first-order valence-corrected chi connectivity index (χ1v) is 9.93. The fourth-order valence-corrected chi connectivity index (χ4v) is 3.56. The molecule has 0 spiro atoms. The zero-order chi connectivity index (χ0) is 20.1. The van der Waals surface area contributed by atoms with Crippen LogP contribution in [0.3, 0.4) is 0 Å². The van der Waals surface area contributed by atoms with Crippen LogP contribution in [-0.4, -0.2) is 39.1 Å². The quantitative estimate of drug-likeness (QED) is 0.635. The molecule has 3 heterocycles. The molecule has 0 saturated carbocycles. The van der Waals surface area contributed by atoms with E-state index in [1.807, 2.05) is 36.1 Å². The third kappa shape index (κ3) is 4.62. The molecule has 0 radical (unpaired) electrons. The third-order valence-electron chi connectivity index (χ3n) is 5.04. The maximum absolute atomic E-state index is 12.9. The Morgan fingerprint density at radius 1 is 1.24 bits per heavy atom. The van der Waals surface area contributed by atoms with Crippen molar-refractivity contribution >= 4 is 5.91 Å². The fraction of sp³-hybridized carbons (Fsp3) is 0.364. The smallest absolute Gasteiger partial charge is 0.254 e. The van der Waals surface area contributed by atoms with E-state index in [1.165, 1.54) is 0 Å². The van der Waals surface area contributed by atoms with E-state index in [-0.39, 0.29) is 11.9 Å². The molecule has 1 aliphatic rings. The van der Waals surface area contributed by atoms with E-state index < -0.39 is 0 Å². The van der Waals surface area contributed by atoms with Crippen LogP contribution in [0, 0.1) is 6.92 Å². The molecule has 1 saturated heterocycles. The number of benzene rings is 1. The lowest BCUT2D eigenvalue weighted by atomic mass is 10.0. The van der Waals surface area contributed by atoms with E-state index >= 15 is 0 Å². The first kappa shape index (κ1) is 19.1. The Labute approximate surface area is 169 Å². The number of aryl methyl sites for hydroxylation is 1. The predicted octanol–water partition coefficient (Wildman–Crippen LogP) is 3.76. The summed E-state index contributed by atoms with van der Waals surface area (Å²) < 4.78 is 11.3. The van der Waals surface area contributed by atoms with E-state index in [0.29, 0.717) is 36.9 Å². The first-order valence-electron chi connectivity index (χ1n) is 9.93. The van der Waals surface area contributed by atoms with Crippen LogP contribution in [0.15, 0.2) is 53.3 Å². The minimum atomic E-state index is -0.191. The van der Waals surface area contributed by atoms with Crippen LogP contribution in [0.1, 0.15) is 52.9 Å². The average molecular weight is 392 g/mol. The van der Waals surface area contributed by atoms with Crippen LogP contribution in [0.5, 0.6) is 5.75 Å². The summed E-state index contributed by atoms with van der Waals surface area (Å²) in [5.74, 6) is 1.89. The molecule has 1 aromatic carbocycles. The monoisotopic (exact) mass is 392 g/mol. The van der Waals surface area contributed by atoms with Gasteiger partial charge in [-0.05, 0) is 56.0 Å². The molecule has 1 aliphatic heterocycles. The van der Waals surface area contributed by atoms with E-state index in [4.69, 9.17) is 9.26 Å². The molecule has 1 atom stereocenters. The Morgan fingerprint density at radius 3 is 2.93 bits per heavy atom. The van der Waals surface area contributed by atoms with Crippen molar-refractivity contribution in [1.82, 2.24) is 20.0 Å². The summed E-state index contributed by atoms with van der Waals surface area (Å²) in [6.45, 7) is 3.17. The second-order valence-electron chi connectivity index (χ2n) is 7.21. The molecule has 0 aliphatic carbocycles. The van der Waals surface area contributed by atoms with Crippen LogP contribution < -0.4 is 4.74 Å². The summed E-state index contributed by atoms with van der Waals surface area (Å²) in [5, 5.41) is 4.09. The van der Waals surface area contributed by atoms with Crippen LogP contribution in [0.25, 0.3) is 0 Å². The lowest BCUT2D eigenvalue weighted by molar-refractivity contribution is 0.0561. The molecule has 1 amide bonds. The zero-order valence-corrected chi connectivity index (χ0v) is 16.5. The number of carbonyl (C=O) groups is 1. The predicted molar refractivity (Wildman–Crippen MR) is 107 cm³/mol. The molecule has 0 bridgehead atoms. The van der Waals surface area contributed by atoms with Crippen molar-refractivity contribution in [2.45, 2.75) is 38.6 Å². The van der Waals surface area contributed by atoms with Gasteiger partial charge in [0.25, 0.3) is 5.91 Å². The Bertz CT molecular complexity index is 957. The van der Waals surface area contributed by atoms with Crippen LogP contribution in [-0.2, 0) is 6.42 Å². The lowest BCUT2D eigenvalue weighted by Crippen LogP contribution is -2.38. The van der Waals surface area contributed by atoms with E-state index in [0.717, 1.165) is 30.6 Å². The molecular weight excluding hydrogens is 368 g/mol. The summed E-state index contributed by atoms with van der Waals surface area (Å²) in [5.41, 5.74) is 1.78. The van der Waals surface area contributed by atoms with Gasteiger partial charge in [0.05, 0.1) is 6.61 Å². The standard InChI is InChI=1S/C22H24N4O3/c1-16-5-4-6-18(15-16)28-14-10-20-24-21(29-25-20)19-7-2-3-13-26(19)22(27)17-8-11-23-12-9-17/h4-6,8-9,11-12,15,19H,2-3,7,10,13-14H2,1H3. The summed E-state index contributed by atoms with van der Waals surface area (Å²) in [4.78, 5) is 23.3. The molecule has 1 unspecified atom stereocenters. The summed E-state index contributed by atoms with van der Waals surface area (Å²) >= 11 is 0. The number of carbonyl (C=O) groups excluding carboxylic acids is 1. The van der Waals surface area contributed by atoms with Crippen molar-refractivity contribution in [3.63, 3.8) is 0 Å². The Kier molecular flexibility index (Phi) is 5.84. The largest absolute Gasteiger partial charge is 0.493 e. The van der Waals surface area contributed by atoms with Gasteiger partial charge in [-0.15, -0.1) is 0 Å². The highest BCUT2D eigenvalue weighted by Gasteiger charge is 2.32. The van der Waals surface area contributed by atoms with Crippen molar-refractivity contribution < 1.29 is 14.1 Å². The van der Waals surface area contributed by atoms with E-state index in [2.05, 4.69) is 15.1 Å². The first-order chi connectivity index (χ1) is 14.2. The van der Waals surface area contributed by atoms with E-state index in [1.54, 1.807) is 24.5 Å². The van der Waals surface area contributed by atoms with Crippen molar-refractivity contribution in [2.75, 3.05) is 13.2 Å². The van der Waals surface area contributed by atoms with Crippen LogP contribution >= 0.6 is 0 Å². The maximum atomic E-state index is 12.9. The number of piperidine rings is 1. The molecule has 1 fully saturated rings. The number of pyridine rings is 1. The van der Waals surface area contributed by atoms with Gasteiger partial charge in [0.2, 0.25) is 5.89 Å². The molecule has 150 valence electrons. The number of amides is 1. The van der Waals surface area contributed by atoms with Gasteiger partial charge in [0.1, 0.15) is 11.8 Å². The van der Waals surface area contributed by atoms with Gasteiger partial charge >= 0.3 is 0 Å². The highest BCUT2D eigenvalue weighted by atomic mass is 16.5. The highest BCUT2D eigenvalue weighted by Crippen LogP contribution is 2.31. The molecular formula is C22H24N4O3. The fourth-order valence-electron chi connectivity index (χ4n) is 3.56. The molecule has 2 aromatic heterocycles. The summed E-state index contributed by atoms with van der Waals surface area (Å²) in [6, 6.07) is 11.2. The number of rotatable bonds is 6. The maximum Gasteiger partial charge on any atom is 0.254 e. The minimum Gasteiger partial charge on any atom is -0.493 e. The number of likely N-dealkylation sites (tertiary alicyclic amines) is 1. The van der Waals surface area contributed by atoms with Gasteiger partial charge in [-0.3, -0.25) is 9.78 Å². The Balaban J connectivity index is 1.41. The molecule has 4 rings (SSSR count). The average Bonchev–Trinajstić information content (AvgIpc) is 3.23. The third-order valence-corrected chi connectivity index (χ3v) is 5.04. The molecule has 0 N–H and O–H groups in total. The molecule has 7 heteroatoms.